The van der Waals surface area contributed by atoms with Gasteiger partial charge in [-0.2, -0.15) is 4.98 Å². The summed E-state index contributed by atoms with van der Waals surface area (Å²) < 4.78 is 16.4. The van der Waals surface area contributed by atoms with Gasteiger partial charge in [-0.15, -0.1) is 0 Å². The lowest BCUT2D eigenvalue weighted by atomic mass is 10.1. The Bertz CT molecular complexity index is 595. The molecule has 24 heavy (non-hydrogen) atoms. The number of rotatable bonds is 6. The summed E-state index contributed by atoms with van der Waals surface area (Å²) in [6.07, 6.45) is 3.63. The SMILES string of the molecule is CCOC1CCN(c2cc(OC3(C(=O)OC)CC3)nc(C)n2)CC1. The third-order valence-electron chi connectivity index (χ3n) is 4.53. The molecule has 1 aliphatic carbocycles. The molecule has 1 saturated heterocycles. The Morgan fingerprint density at radius 1 is 1.33 bits per heavy atom. The molecule has 0 N–H and O–H groups in total. The van der Waals surface area contributed by atoms with E-state index < -0.39 is 5.60 Å². The predicted octanol–water partition coefficient (Wildman–Crippen LogP) is 1.87. The molecule has 0 spiro atoms. The van der Waals surface area contributed by atoms with E-state index in [-0.39, 0.29) is 5.97 Å². The van der Waals surface area contributed by atoms with Crippen LogP contribution in [0.5, 0.6) is 5.88 Å². The highest BCUT2D eigenvalue weighted by atomic mass is 16.6. The number of methoxy groups -OCH3 is 1. The van der Waals surface area contributed by atoms with Gasteiger partial charge in [0.05, 0.1) is 13.2 Å². The zero-order valence-electron chi connectivity index (χ0n) is 14.6. The van der Waals surface area contributed by atoms with Crippen LogP contribution in [-0.4, -0.2) is 54.4 Å². The second kappa shape index (κ2) is 6.93. The smallest absolute Gasteiger partial charge is 0.350 e. The lowest BCUT2D eigenvalue weighted by Gasteiger charge is -2.32. The summed E-state index contributed by atoms with van der Waals surface area (Å²) in [5.74, 6) is 1.58. The molecule has 7 nitrogen and oxygen atoms in total. The summed E-state index contributed by atoms with van der Waals surface area (Å²) in [7, 11) is 1.38. The van der Waals surface area contributed by atoms with Gasteiger partial charge in [0.2, 0.25) is 11.5 Å². The topological polar surface area (TPSA) is 73.8 Å². The summed E-state index contributed by atoms with van der Waals surface area (Å²) in [5, 5.41) is 0. The van der Waals surface area contributed by atoms with Crippen LogP contribution in [0.25, 0.3) is 0 Å². The molecule has 0 radical (unpaired) electrons. The largest absolute Gasteiger partial charge is 0.466 e. The minimum atomic E-state index is -0.852. The molecule has 2 heterocycles. The van der Waals surface area contributed by atoms with Crippen LogP contribution in [0.2, 0.25) is 0 Å². The number of anilines is 1. The molecule has 2 fully saturated rings. The molecule has 7 heteroatoms. The van der Waals surface area contributed by atoms with Crippen molar-refractivity contribution in [1.29, 1.82) is 0 Å². The molecule has 3 rings (SSSR count). The van der Waals surface area contributed by atoms with Gasteiger partial charge >= 0.3 is 5.97 Å². The molecule has 0 aromatic carbocycles. The first-order valence-corrected chi connectivity index (χ1v) is 8.56. The lowest BCUT2D eigenvalue weighted by Crippen LogP contribution is -2.37. The molecule has 1 aromatic heterocycles. The van der Waals surface area contributed by atoms with Crippen molar-refractivity contribution in [3.63, 3.8) is 0 Å². The fourth-order valence-corrected chi connectivity index (χ4v) is 3.07. The Hall–Kier alpha value is -1.89. The maximum absolute atomic E-state index is 11.9. The molecule has 2 aliphatic rings. The van der Waals surface area contributed by atoms with Crippen LogP contribution in [0, 0.1) is 6.92 Å². The predicted molar refractivity (Wildman–Crippen MR) is 88.2 cm³/mol. The highest BCUT2D eigenvalue weighted by molar-refractivity contribution is 5.83. The normalized spacial score (nSPS) is 19.9. The Labute approximate surface area is 142 Å². The first-order valence-electron chi connectivity index (χ1n) is 8.56. The first kappa shape index (κ1) is 17.0. The van der Waals surface area contributed by atoms with E-state index in [1.807, 2.05) is 19.9 Å². The van der Waals surface area contributed by atoms with E-state index in [4.69, 9.17) is 14.2 Å². The van der Waals surface area contributed by atoms with E-state index >= 15 is 0 Å². The molecule has 1 aromatic rings. The van der Waals surface area contributed by atoms with Crippen molar-refractivity contribution in [3.05, 3.63) is 11.9 Å². The van der Waals surface area contributed by atoms with Crippen molar-refractivity contribution >= 4 is 11.8 Å². The van der Waals surface area contributed by atoms with Crippen molar-refractivity contribution in [2.75, 3.05) is 31.7 Å². The fourth-order valence-electron chi connectivity index (χ4n) is 3.07. The number of carbonyl (C=O) groups is 1. The maximum atomic E-state index is 11.9. The number of esters is 1. The summed E-state index contributed by atoms with van der Waals surface area (Å²) in [4.78, 5) is 22.9. The summed E-state index contributed by atoms with van der Waals surface area (Å²) in [5.41, 5.74) is -0.852. The molecule has 0 amide bonds. The Balaban J connectivity index is 1.70. The molecule has 0 unspecified atom stereocenters. The molecule has 132 valence electrons. The van der Waals surface area contributed by atoms with Crippen LogP contribution >= 0.6 is 0 Å². The number of nitrogens with zero attached hydrogens (tertiary/aromatic N) is 3. The monoisotopic (exact) mass is 335 g/mol. The van der Waals surface area contributed by atoms with E-state index in [1.54, 1.807) is 0 Å². The van der Waals surface area contributed by atoms with Gasteiger partial charge < -0.3 is 19.1 Å². The standard InChI is InChI=1S/C17H25N3O4/c1-4-23-13-5-9-20(10-6-13)14-11-15(19-12(2)18-14)24-17(7-8-17)16(21)22-3/h11,13H,4-10H2,1-3H3. The average molecular weight is 335 g/mol. The summed E-state index contributed by atoms with van der Waals surface area (Å²) in [6.45, 7) is 6.40. The van der Waals surface area contributed by atoms with Crippen LogP contribution in [0.3, 0.4) is 0 Å². The van der Waals surface area contributed by atoms with Gasteiger partial charge in [0.15, 0.2) is 0 Å². The maximum Gasteiger partial charge on any atom is 0.350 e. The molecule has 0 bridgehead atoms. The first-order chi connectivity index (χ1) is 11.6. The fraction of sp³-hybridized carbons (Fsp3) is 0.706. The van der Waals surface area contributed by atoms with Crippen LogP contribution in [0.4, 0.5) is 5.82 Å². The van der Waals surface area contributed by atoms with E-state index in [1.165, 1.54) is 7.11 Å². The van der Waals surface area contributed by atoms with Crippen LogP contribution in [0.15, 0.2) is 6.07 Å². The second-order valence-electron chi connectivity index (χ2n) is 6.34. The number of carbonyl (C=O) groups excluding carboxylic acids is 1. The van der Waals surface area contributed by atoms with Gasteiger partial charge in [-0.25, -0.2) is 9.78 Å². The Kier molecular flexibility index (Phi) is 4.89. The van der Waals surface area contributed by atoms with Gasteiger partial charge in [-0.3, -0.25) is 0 Å². The quantitative estimate of drug-likeness (QED) is 0.735. The zero-order chi connectivity index (χ0) is 17.2. The van der Waals surface area contributed by atoms with Crippen molar-refractivity contribution in [2.45, 2.75) is 51.2 Å². The number of piperidine rings is 1. The second-order valence-corrected chi connectivity index (χ2v) is 6.34. The Morgan fingerprint density at radius 2 is 2.04 bits per heavy atom. The van der Waals surface area contributed by atoms with E-state index in [0.717, 1.165) is 38.4 Å². The minimum Gasteiger partial charge on any atom is -0.466 e. The highest BCUT2D eigenvalue weighted by Gasteiger charge is 2.54. The molecular formula is C17H25N3O4. The van der Waals surface area contributed by atoms with Gasteiger partial charge in [-0.05, 0) is 26.7 Å². The van der Waals surface area contributed by atoms with Crippen LogP contribution in [-0.2, 0) is 14.3 Å². The van der Waals surface area contributed by atoms with Gasteiger partial charge in [0, 0.05) is 38.6 Å². The zero-order valence-corrected chi connectivity index (χ0v) is 14.6. The third kappa shape index (κ3) is 3.61. The van der Waals surface area contributed by atoms with Crippen molar-refractivity contribution in [1.82, 2.24) is 9.97 Å². The molecule has 1 aliphatic heterocycles. The highest BCUT2D eigenvalue weighted by Crippen LogP contribution is 2.41. The summed E-state index contributed by atoms with van der Waals surface area (Å²) in [6, 6.07) is 1.82. The average Bonchev–Trinajstić information content (AvgIpc) is 3.35. The number of ether oxygens (including phenoxy) is 3. The van der Waals surface area contributed by atoms with E-state index in [2.05, 4.69) is 14.9 Å². The van der Waals surface area contributed by atoms with Crippen molar-refractivity contribution in [3.8, 4) is 5.88 Å². The third-order valence-corrected chi connectivity index (χ3v) is 4.53. The number of hydrogen-bond donors (Lipinski definition) is 0. The number of aryl methyl sites for hydroxylation is 1. The van der Waals surface area contributed by atoms with Gasteiger partial charge in [-0.1, -0.05) is 0 Å². The van der Waals surface area contributed by atoms with Gasteiger partial charge in [0.25, 0.3) is 0 Å². The summed E-state index contributed by atoms with van der Waals surface area (Å²) >= 11 is 0. The lowest BCUT2D eigenvalue weighted by molar-refractivity contribution is -0.151. The molecule has 1 saturated carbocycles. The van der Waals surface area contributed by atoms with E-state index in [0.29, 0.717) is 30.7 Å². The van der Waals surface area contributed by atoms with Gasteiger partial charge in [0.1, 0.15) is 11.6 Å². The molecule has 0 atom stereocenters. The Morgan fingerprint density at radius 3 is 2.62 bits per heavy atom. The van der Waals surface area contributed by atoms with Crippen LogP contribution < -0.4 is 9.64 Å². The van der Waals surface area contributed by atoms with E-state index in [9.17, 15) is 4.79 Å². The van der Waals surface area contributed by atoms with Crippen LogP contribution in [0.1, 0.15) is 38.4 Å². The molecular weight excluding hydrogens is 310 g/mol. The number of aromatic nitrogens is 2. The van der Waals surface area contributed by atoms with Crippen molar-refractivity contribution in [2.24, 2.45) is 0 Å². The minimum absolute atomic E-state index is 0.332. The van der Waals surface area contributed by atoms with Crippen molar-refractivity contribution < 1.29 is 19.0 Å². The number of hydrogen-bond acceptors (Lipinski definition) is 7.